The zero-order valence-electron chi connectivity index (χ0n) is 16.6. The van der Waals surface area contributed by atoms with Crippen LogP contribution in [0.3, 0.4) is 0 Å². The van der Waals surface area contributed by atoms with Gasteiger partial charge in [0.2, 0.25) is 5.91 Å². The molecule has 6 nitrogen and oxygen atoms in total. The van der Waals surface area contributed by atoms with Gasteiger partial charge in [0, 0.05) is 12.2 Å². The van der Waals surface area contributed by atoms with Crippen LogP contribution in [-0.2, 0) is 9.59 Å². The largest absolute Gasteiger partial charge is 0.325 e. The fourth-order valence-corrected chi connectivity index (χ4v) is 4.66. The standard InChI is InChI=1S/C21H29N3O3/c1-5-23(17-12-7-6-9-14(17)2)18(25)13-24-19(26)21(22-20(24)27)15(3)10-8-11-16(21)4/h6-7,9,12,15-16H,5,8,10-11,13H2,1-4H3,(H,22,27)/t15-,16-/m0/s1. The Morgan fingerprint density at radius 1 is 1.22 bits per heavy atom. The Morgan fingerprint density at radius 3 is 2.44 bits per heavy atom. The highest BCUT2D eigenvalue weighted by Crippen LogP contribution is 2.42. The van der Waals surface area contributed by atoms with Crippen molar-refractivity contribution in [3.63, 3.8) is 0 Å². The smallest absolute Gasteiger partial charge is 0.323 e. The number of imide groups is 1. The van der Waals surface area contributed by atoms with Crippen LogP contribution in [0.2, 0.25) is 0 Å². The quantitative estimate of drug-likeness (QED) is 0.827. The summed E-state index contributed by atoms with van der Waals surface area (Å²) < 4.78 is 0. The molecule has 1 aliphatic carbocycles. The summed E-state index contributed by atoms with van der Waals surface area (Å²) in [5.74, 6) is -0.363. The SMILES string of the molecule is CCN(C(=O)CN1C(=O)NC2(C1=O)[C@@H](C)CCC[C@@H]2C)c1ccccc1C. The number of likely N-dealkylation sites (N-methyl/N-ethyl adjacent to an activating group) is 1. The molecule has 27 heavy (non-hydrogen) atoms. The lowest BCUT2D eigenvalue weighted by molar-refractivity contribution is -0.138. The third-order valence-corrected chi connectivity index (χ3v) is 6.30. The molecule has 4 amide bonds. The second-order valence-electron chi connectivity index (χ2n) is 7.85. The maximum Gasteiger partial charge on any atom is 0.325 e. The summed E-state index contributed by atoms with van der Waals surface area (Å²) in [5, 5.41) is 2.95. The van der Waals surface area contributed by atoms with Crippen LogP contribution in [0.5, 0.6) is 0 Å². The van der Waals surface area contributed by atoms with Crippen molar-refractivity contribution in [2.75, 3.05) is 18.0 Å². The fourth-order valence-electron chi connectivity index (χ4n) is 4.66. The zero-order chi connectivity index (χ0) is 19.8. The number of hydrogen-bond acceptors (Lipinski definition) is 3. The van der Waals surface area contributed by atoms with Crippen molar-refractivity contribution in [3.05, 3.63) is 29.8 Å². The number of hydrogen-bond donors (Lipinski definition) is 1. The number of para-hydroxylation sites is 1. The van der Waals surface area contributed by atoms with Crippen LogP contribution in [0.4, 0.5) is 10.5 Å². The van der Waals surface area contributed by atoms with Crippen LogP contribution in [0.25, 0.3) is 0 Å². The van der Waals surface area contributed by atoms with Gasteiger partial charge < -0.3 is 10.2 Å². The highest BCUT2D eigenvalue weighted by atomic mass is 16.2. The van der Waals surface area contributed by atoms with Gasteiger partial charge in [0.1, 0.15) is 12.1 Å². The summed E-state index contributed by atoms with van der Waals surface area (Å²) in [6.07, 6.45) is 2.87. The normalized spacial score (nSPS) is 24.2. The molecule has 1 N–H and O–H groups in total. The van der Waals surface area contributed by atoms with E-state index in [-0.39, 0.29) is 30.2 Å². The van der Waals surface area contributed by atoms with Gasteiger partial charge in [0.25, 0.3) is 5.91 Å². The molecule has 0 aromatic heterocycles. The van der Waals surface area contributed by atoms with Crippen LogP contribution >= 0.6 is 0 Å². The van der Waals surface area contributed by atoms with Crippen molar-refractivity contribution < 1.29 is 14.4 Å². The number of amides is 4. The van der Waals surface area contributed by atoms with E-state index in [9.17, 15) is 14.4 Å². The van der Waals surface area contributed by atoms with Gasteiger partial charge in [-0.15, -0.1) is 0 Å². The lowest BCUT2D eigenvalue weighted by Gasteiger charge is -2.42. The van der Waals surface area contributed by atoms with E-state index in [1.807, 2.05) is 52.0 Å². The summed E-state index contributed by atoms with van der Waals surface area (Å²) in [6.45, 7) is 8.12. The summed E-state index contributed by atoms with van der Waals surface area (Å²) in [6, 6.07) is 7.18. The summed E-state index contributed by atoms with van der Waals surface area (Å²) in [4.78, 5) is 41.6. The van der Waals surface area contributed by atoms with Crippen molar-refractivity contribution in [3.8, 4) is 0 Å². The van der Waals surface area contributed by atoms with E-state index in [4.69, 9.17) is 0 Å². The molecule has 2 fully saturated rings. The van der Waals surface area contributed by atoms with Crippen molar-refractivity contribution in [2.24, 2.45) is 11.8 Å². The maximum absolute atomic E-state index is 13.2. The number of carbonyl (C=O) groups is 3. The Labute approximate surface area is 160 Å². The minimum absolute atomic E-state index is 0.0662. The maximum atomic E-state index is 13.2. The van der Waals surface area contributed by atoms with Crippen molar-refractivity contribution in [1.29, 1.82) is 0 Å². The summed E-state index contributed by atoms with van der Waals surface area (Å²) >= 11 is 0. The molecule has 1 spiro atoms. The first-order valence-corrected chi connectivity index (χ1v) is 9.83. The molecule has 2 aliphatic rings. The molecular weight excluding hydrogens is 342 g/mol. The van der Waals surface area contributed by atoms with Gasteiger partial charge in [-0.1, -0.05) is 38.5 Å². The lowest BCUT2D eigenvalue weighted by Crippen LogP contribution is -2.59. The van der Waals surface area contributed by atoms with Crippen molar-refractivity contribution >= 4 is 23.5 Å². The Morgan fingerprint density at radius 2 is 1.85 bits per heavy atom. The van der Waals surface area contributed by atoms with Gasteiger partial charge in [0.15, 0.2) is 0 Å². The third-order valence-electron chi connectivity index (χ3n) is 6.30. The molecule has 0 unspecified atom stereocenters. The minimum Gasteiger partial charge on any atom is -0.323 e. The molecule has 1 heterocycles. The average molecular weight is 371 g/mol. The molecule has 6 heteroatoms. The molecule has 3 rings (SSSR count). The molecule has 146 valence electrons. The summed E-state index contributed by atoms with van der Waals surface area (Å²) in [7, 11) is 0. The van der Waals surface area contributed by atoms with Crippen LogP contribution in [-0.4, -0.2) is 41.4 Å². The molecule has 1 saturated heterocycles. The number of anilines is 1. The fraction of sp³-hybridized carbons (Fsp3) is 0.571. The highest BCUT2D eigenvalue weighted by Gasteiger charge is 2.58. The number of urea groups is 1. The van der Waals surface area contributed by atoms with Crippen LogP contribution < -0.4 is 10.2 Å². The number of aryl methyl sites for hydroxylation is 1. The number of nitrogens with one attached hydrogen (secondary N) is 1. The molecule has 1 saturated carbocycles. The molecule has 0 bridgehead atoms. The highest BCUT2D eigenvalue weighted by molar-refractivity contribution is 6.10. The number of rotatable bonds is 4. The van der Waals surface area contributed by atoms with Gasteiger partial charge in [-0.2, -0.15) is 0 Å². The first kappa shape index (κ1) is 19.4. The Kier molecular flexibility index (Phi) is 5.27. The predicted molar refractivity (Wildman–Crippen MR) is 104 cm³/mol. The second kappa shape index (κ2) is 7.33. The van der Waals surface area contributed by atoms with Gasteiger partial charge in [-0.3, -0.25) is 14.5 Å². The van der Waals surface area contributed by atoms with E-state index in [2.05, 4.69) is 5.32 Å². The van der Waals surface area contributed by atoms with E-state index in [0.29, 0.717) is 6.54 Å². The Balaban J connectivity index is 1.83. The second-order valence-corrected chi connectivity index (χ2v) is 7.85. The number of nitrogens with zero attached hydrogens (tertiary/aromatic N) is 2. The van der Waals surface area contributed by atoms with E-state index >= 15 is 0 Å². The Bertz CT molecular complexity index is 751. The average Bonchev–Trinajstić information content (AvgIpc) is 2.88. The monoisotopic (exact) mass is 371 g/mol. The lowest BCUT2D eigenvalue weighted by atomic mass is 9.67. The van der Waals surface area contributed by atoms with Gasteiger partial charge in [-0.25, -0.2) is 4.79 Å². The van der Waals surface area contributed by atoms with E-state index in [0.717, 1.165) is 35.4 Å². The van der Waals surface area contributed by atoms with E-state index in [1.165, 1.54) is 0 Å². The molecule has 1 aliphatic heterocycles. The number of benzene rings is 1. The molecule has 1 aromatic rings. The third kappa shape index (κ3) is 3.11. The van der Waals surface area contributed by atoms with Crippen molar-refractivity contribution in [1.82, 2.24) is 10.2 Å². The first-order valence-electron chi connectivity index (χ1n) is 9.83. The number of carbonyl (C=O) groups excluding carboxylic acids is 3. The van der Waals surface area contributed by atoms with Crippen LogP contribution in [0, 0.1) is 18.8 Å². The van der Waals surface area contributed by atoms with E-state index in [1.54, 1.807) is 4.90 Å². The van der Waals surface area contributed by atoms with E-state index < -0.39 is 11.6 Å². The Hall–Kier alpha value is -2.37. The molecular formula is C21H29N3O3. The van der Waals surface area contributed by atoms with Crippen LogP contribution in [0.15, 0.2) is 24.3 Å². The van der Waals surface area contributed by atoms with Gasteiger partial charge >= 0.3 is 6.03 Å². The van der Waals surface area contributed by atoms with Crippen molar-refractivity contribution in [2.45, 2.75) is 52.5 Å². The zero-order valence-corrected chi connectivity index (χ0v) is 16.6. The first-order chi connectivity index (χ1) is 12.8. The minimum atomic E-state index is -0.866. The predicted octanol–water partition coefficient (Wildman–Crippen LogP) is 3.09. The van der Waals surface area contributed by atoms with Crippen LogP contribution in [0.1, 0.15) is 45.6 Å². The van der Waals surface area contributed by atoms with Gasteiger partial charge in [-0.05, 0) is 50.2 Å². The molecule has 1 aromatic carbocycles. The van der Waals surface area contributed by atoms with Gasteiger partial charge in [0.05, 0.1) is 0 Å². The molecule has 0 radical (unpaired) electrons. The molecule has 2 atom stereocenters. The topological polar surface area (TPSA) is 69.7 Å². The summed E-state index contributed by atoms with van der Waals surface area (Å²) in [5.41, 5.74) is 0.928.